The number of rotatable bonds is 11. The predicted molar refractivity (Wildman–Crippen MR) is 138 cm³/mol. The summed E-state index contributed by atoms with van der Waals surface area (Å²) >= 11 is 0. The number of ether oxygens (including phenoxy) is 2. The van der Waals surface area contributed by atoms with Gasteiger partial charge in [0.15, 0.2) is 8.32 Å². The molecule has 1 unspecified atom stereocenters. The number of aliphatic imine (C=N–C) groups is 1. The molecule has 0 saturated carbocycles. The van der Waals surface area contributed by atoms with Gasteiger partial charge in [0.2, 0.25) is 18.1 Å². The van der Waals surface area contributed by atoms with Crippen LogP contribution in [0.5, 0.6) is 0 Å². The lowest BCUT2D eigenvalue weighted by atomic mass is 10.1. The molecule has 0 heterocycles. The number of carbonyl (C=O) groups excluding carboxylic acids is 3. The molecule has 0 aromatic heterocycles. The van der Waals surface area contributed by atoms with E-state index in [4.69, 9.17) is 19.0 Å². The lowest BCUT2D eigenvalue weighted by Crippen LogP contribution is -2.52. The molecule has 0 aromatic rings. The van der Waals surface area contributed by atoms with E-state index in [1.165, 1.54) is 7.11 Å². The minimum atomic E-state index is -2.31. The number of carbonyl (C=O) groups is 4. The highest BCUT2D eigenvalue weighted by molar-refractivity contribution is 6.74. The molecule has 0 rings (SSSR count). The molecular weight excluding hydrogens is 488 g/mol. The van der Waals surface area contributed by atoms with E-state index in [9.17, 15) is 19.2 Å². The Kier molecular flexibility index (Phi) is 13.7. The summed E-state index contributed by atoms with van der Waals surface area (Å²) in [7, 11) is -1.06. The Morgan fingerprint density at radius 3 is 2.03 bits per heavy atom. The van der Waals surface area contributed by atoms with Gasteiger partial charge in [-0.15, -0.1) is 0 Å². The van der Waals surface area contributed by atoms with E-state index in [0.717, 1.165) is 12.8 Å². The Hall–Kier alpha value is -2.67. The molecule has 1 atom stereocenters. The van der Waals surface area contributed by atoms with Crippen LogP contribution in [-0.2, 0) is 23.5 Å². The molecule has 0 spiro atoms. The summed E-state index contributed by atoms with van der Waals surface area (Å²) in [5.41, 5.74) is -0.738. The van der Waals surface area contributed by atoms with Gasteiger partial charge in [0.05, 0.1) is 7.11 Å². The fourth-order valence-corrected chi connectivity index (χ4v) is 3.58. The Labute approximate surface area is 215 Å². The van der Waals surface area contributed by atoms with Crippen molar-refractivity contribution < 1.29 is 38.2 Å². The topological polar surface area (TPSA) is 165 Å². The molecule has 12 nitrogen and oxygen atoms in total. The highest BCUT2D eigenvalue weighted by Gasteiger charge is 2.41. The van der Waals surface area contributed by atoms with Crippen LogP contribution in [0, 0.1) is 0 Å². The average molecular weight is 533 g/mol. The fraction of sp³-hybridized carbons (Fsp3) is 0.783. The molecular formula is C23H44N4O8Si. The average Bonchev–Trinajstić information content (AvgIpc) is 2.68. The Morgan fingerprint density at radius 1 is 0.944 bits per heavy atom. The largest absolute Gasteiger partial charge is 0.466 e. The van der Waals surface area contributed by atoms with Gasteiger partial charge >= 0.3 is 18.2 Å². The second-order valence-corrected chi connectivity index (χ2v) is 15.6. The molecule has 0 aliphatic carbocycles. The van der Waals surface area contributed by atoms with Gasteiger partial charge in [0.25, 0.3) is 0 Å². The second kappa shape index (κ2) is 14.8. The first kappa shape index (κ1) is 33.3. The summed E-state index contributed by atoms with van der Waals surface area (Å²) in [4.78, 5) is 51.3. The monoisotopic (exact) mass is 532 g/mol. The Bertz CT molecular complexity index is 788. The normalized spacial score (nSPS) is 13.4. The third-order valence-electron chi connectivity index (χ3n) is 5.35. The summed E-state index contributed by atoms with van der Waals surface area (Å²) in [5, 5.41) is 15.7. The minimum Gasteiger partial charge on any atom is -0.466 e. The first-order valence-corrected chi connectivity index (χ1v) is 14.9. The lowest BCUT2D eigenvalue weighted by molar-refractivity contribution is -0.153. The highest BCUT2D eigenvalue weighted by Crippen LogP contribution is 2.37. The first-order valence-electron chi connectivity index (χ1n) is 12.0. The van der Waals surface area contributed by atoms with Crippen LogP contribution in [0.4, 0.5) is 9.59 Å². The molecule has 36 heavy (non-hydrogen) atoms. The van der Waals surface area contributed by atoms with Gasteiger partial charge in [0.1, 0.15) is 5.60 Å². The van der Waals surface area contributed by atoms with E-state index in [1.807, 2.05) is 39.2 Å². The number of carboxylic acid groups (broad SMARTS) is 1. The predicted octanol–water partition coefficient (Wildman–Crippen LogP) is 3.72. The van der Waals surface area contributed by atoms with Crippen molar-refractivity contribution in [3.63, 3.8) is 0 Å². The van der Waals surface area contributed by atoms with Gasteiger partial charge in [-0.25, -0.2) is 14.4 Å². The molecule has 4 N–H and O–H groups in total. The van der Waals surface area contributed by atoms with Crippen LogP contribution < -0.4 is 16.0 Å². The number of nitrogens with one attached hydrogen (secondary N) is 3. The van der Waals surface area contributed by atoms with Crippen LogP contribution in [0.15, 0.2) is 4.99 Å². The number of nitrogens with zero attached hydrogens (tertiary/aromatic N) is 1. The second-order valence-electron chi connectivity index (χ2n) is 10.8. The van der Waals surface area contributed by atoms with Crippen molar-refractivity contribution in [3.05, 3.63) is 0 Å². The number of alkyl carbamates (subject to hydrolysis) is 1. The first-order chi connectivity index (χ1) is 16.4. The molecule has 3 amide bonds. The van der Waals surface area contributed by atoms with Gasteiger partial charge in [0, 0.05) is 13.0 Å². The zero-order valence-electron chi connectivity index (χ0n) is 23.1. The molecule has 13 heteroatoms. The molecule has 208 valence electrons. The fourth-order valence-electron chi connectivity index (χ4n) is 2.49. The molecule has 0 fully saturated rings. The zero-order valence-corrected chi connectivity index (χ0v) is 24.1. The Morgan fingerprint density at radius 2 is 1.53 bits per heavy atom. The van der Waals surface area contributed by atoms with Crippen molar-refractivity contribution in [2.45, 2.75) is 104 Å². The lowest BCUT2D eigenvalue weighted by Gasteiger charge is -2.38. The van der Waals surface area contributed by atoms with E-state index < -0.39 is 38.3 Å². The highest BCUT2D eigenvalue weighted by atomic mass is 28.4. The van der Waals surface area contributed by atoms with Crippen LogP contribution in [0.3, 0.4) is 0 Å². The van der Waals surface area contributed by atoms with E-state index in [2.05, 4.69) is 15.6 Å². The summed E-state index contributed by atoms with van der Waals surface area (Å²) < 4.78 is 15.9. The van der Waals surface area contributed by atoms with Gasteiger partial charge < -0.3 is 24.3 Å². The standard InChI is InChI=1S/C23H44N4O8Si/c1-22(2,3)34-21(32)27-19(26-20(30)31)24-15-13-11-10-12-14-16(28)25-17(18(29)33-7)35-36(8,9)23(4,5)6/h17H,10-15H2,1-9H3,(H,25,28)(H,30,31)(H2,24,26,27,32). The van der Waals surface area contributed by atoms with E-state index in [-0.39, 0.29) is 29.9 Å². The van der Waals surface area contributed by atoms with Crippen LogP contribution in [0.25, 0.3) is 0 Å². The van der Waals surface area contributed by atoms with Crippen LogP contribution in [0.1, 0.15) is 73.6 Å². The van der Waals surface area contributed by atoms with E-state index in [0.29, 0.717) is 12.8 Å². The molecule has 0 aliphatic rings. The summed E-state index contributed by atoms with van der Waals surface area (Å²) in [6, 6.07) is 0. The van der Waals surface area contributed by atoms with Crippen molar-refractivity contribution in [2.24, 2.45) is 4.99 Å². The third-order valence-corrected chi connectivity index (χ3v) is 9.79. The van der Waals surface area contributed by atoms with Crippen molar-refractivity contribution in [3.8, 4) is 0 Å². The van der Waals surface area contributed by atoms with Crippen molar-refractivity contribution in [2.75, 3.05) is 13.7 Å². The number of hydrogen-bond donors (Lipinski definition) is 4. The number of guanidine groups is 1. The van der Waals surface area contributed by atoms with Crippen LogP contribution in [0.2, 0.25) is 18.1 Å². The number of esters is 1. The maximum atomic E-state index is 12.4. The summed E-state index contributed by atoms with van der Waals surface area (Å²) in [6.45, 7) is 15.4. The van der Waals surface area contributed by atoms with Gasteiger partial charge in [-0.1, -0.05) is 33.6 Å². The molecule has 0 aromatic carbocycles. The maximum Gasteiger partial charge on any atom is 0.414 e. The minimum absolute atomic E-state index is 0.144. The number of amides is 3. The SMILES string of the molecule is COC(=O)C(NC(=O)CCCCCCN=C(NC(=O)O)NC(=O)OC(C)(C)C)O[Si](C)(C)C(C)(C)C. The van der Waals surface area contributed by atoms with E-state index >= 15 is 0 Å². The molecule has 0 radical (unpaired) electrons. The van der Waals surface area contributed by atoms with Crippen molar-refractivity contribution in [1.82, 2.24) is 16.0 Å². The quantitative estimate of drug-likeness (QED) is 0.0780. The van der Waals surface area contributed by atoms with Gasteiger partial charge in [-0.3, -0.25) is 20.4 Å². The van der Waals surface area contributed by atoms with Crippen LogP contribution in [-0.4, -0.2) is 68.9 Å². The van der Waals surface area contributed by atoms with Crippen molar-refractivity contribution >= 4 is 38.3 Å². The molecule has 0 aliphatic heterocycles. The number of hydrogen-bond acceptors (Lipinski definition) is 8. The summed E-state index contributed by atoms with van der Waals surface area (Å²) in [5.74, 6) is -1.17. The summed E-state index contributed by atoms with van der Waals surface area (Å²) in [6.07, 6.45) is -0.468. The van der Waals surface area contributed by atoms with Gasteiger partial charge in [-0.2, -0.15) is 0 Å². The van der Waals surface area contributed by atoms with Gasteiger partial charge in [-0.05, 0) is 51.7 Å². The smallest absolute Gasteiger partial charge is 0.414 e. The molecule has 0 bridgehead atoms. The van der Waals surface area contributed by atoms with Crippen molar-refractivity contribution in [1.29, 1.82) is 0 Å². The Balaban J connectivity index is 4.58. The number of methoxy groups -OCH3 is 1. The van der Waals surface area contributed by atoms with E-state index in [1.54, 1.807) is 20.8 Å². The zero-order chi connectivity index (χ0) is 28.2. The van der Waals surface area contributed by atoms with Crippen LogP contribution >= 0.6 is 0 Å². The number of unbranched alkanes of at least 4 members (excludes halogenated alkanes) is 3. The maximum absolute atomic E-state index is 12.4. The third kappa shape index (κ3) is 14.7. The molecule has 0 saturated heterocycles.